The van der Waals surface area contributed by atoms with Crippen LogP contribution in [0, 0.1) is 0 Å². The summed E-state index contributed by atoms with van der Waals surface area (Å²) in [6.07, 6.45) is 1.81. The first-order chi connectivity index (χ1) is 9.00. The first-order valence-electron chi connectivity index (χ1n) is 6.19. The van der Waals surface area contributed by atoms with Gasteiger partial charge in [0.05, 0.1) is 15.9 Å². The average molecular weight is 281 g/mol. The van der Waals surface area contributed by atoms with Crippen LogP contribution < -0.4 is 5.69 Å². The monoisotopic (exact) mass is 281 g/mol. The van der Waals surface area contributed by atoms with Gasteiger partial charge >= 0.3 is 5.69 Å². The minimum absolute atomic E-state index is 0.245. The number of aromatic amines is 1. The molecular weight excluding hydrogens is 266 g/mol. The van der Waals surface area contributed by atoms with E-state index in [9.17, 15) is 13.2 Å². The van der Waals surface area contributed by atoms with E-state index in [-0.39, 0.29) is 10.6 Å². The van der Waals surface area contributed by atoms with E-state index >= 15 is 0 Å². The molecule has 1 N–H and O–H groups in total. The van der Waals surface area contributed by atoms with Gasteiger partial charge in [0.1, 0.15) is 0 Å². The predicted octanol–water partition coefficient (Wildman–Crippen LogP) is 0.651. The molecule has 0 spiro atoms. The van der Waals surface area contributed by atoms with Gasteiger partial charge in [-0.2, -0.15) is 4.31 Å². The second kappa shape index (κ2) is 4.21. The molecule has 0 radical (unpaired) electrons. The zero-order chi connectivity index (χ0) is 13.6. The fourth-order valence-corrected chi connectivity index (χ4v) is 3.98. The summed E-state index contributed by atoms with van der Waals surface area (Å²) in [4.78, 5) is 14.4. The maximum atomic E-state index is 12.4. The van der Waals surface area contributed by atoms with Crippen molar-refractivity contribution in [1.82, 2.24) is 13.9 Å². The molecule has 0 unspecified atom stereocenters. The van der Waals surface area contributed by atoms with E-state index < -0.39 is 10.0 Å². The van der Waals surface area contributed by atoms with Gasteiger partial charge in [-0.05, 0) is 31.0 Å². The van der Waals surface area contributed by atoms with Gasteiger partial charge in [0.15, 0.2) is 0 Å². The van der Waals surface area contributed by atoms with E-state index in [0.717, 1.165) is 12.8 Å². The molecule has 1 saturated heterocycles. The molecule has 2 aromatic rings. The second-order valence-corrected chi connectivity index (χ2v) is 6.72. The first-order valence-corrected chi connectivity index (χ1v) is 7.63. The van der Waals surface area contributed by atoms with Crippen molar-refractivity contribution in [3.63, 3.8) is 0 Å². The number of nitrogens with one attached hydrogen (secondary N) is 1. The Bertz CT molecular complexity index is 782. The van der Waals surface area contributed by atoms with Crippen LogP contribution in [0.2, 0.25) is 0 Å². The molecule has 6 nitrogen and oxygen atoms in total. The molecule has 0 bridgehead atoms. The Morgan fingerprint density at radius 3 is 2.58 bits per heavy atom. The van der Waals surface area contributed by atoms with Crippen molar-refractivity contribution in [2.75, 3.05) is 13.1 Å². The van der Waals surface area contributed by atoms with E-state index in [0.29, 0.717) is 24.1 Å². The van der Waals surface area contributed by atoms with Crippen molar-refractivity contribution in [2.24, 2.45) is 7.05 Å². The summed E-state index contributed by atoms with van der Waals surface area (Å²) in [5, 5.41) is 0. The quantitative estimate of drug-likeness (QED) is 0.878. The lowest BCUT2D eigenvalue weighted by Crippen LogP contribution is -2.27. The number of hydrogen-bond donors (Lipinski definition) is 1. The summed E-state index contributed by atoms with van der Waals surface area (Å²) in [7, 11) is -1.82. The van der Waals surface area contributed by atoms with Gasteiger partial charge in [-0.1, -0.05) is 0 Å². The van der Waals surface area contributed by atoms with Gasteiger partial charge in [0, 0.05) is 20.1 Å². The van der Waals surface area contributed by atoms with E-state index in [2.05, 4.69) is 4.98 Å². The van der Waals surface area contributed by atoms with Crippen LogP contribution >= 0.6 is 0 Å². The largest absolute Gasteiger partial charge is 0.326 e. The van der Waals surface area contributed by atoms with E-state index in [1.165, 1.54) is 8.87 Å². The lowest BCUT2D eigenvalue weighted by Gasteiger charge is -2.15. The zero-order valence-corrected chi connectivity index (χ0v) is 11.4. The highest BCUT2D eigenvalue weighted by Crippen LogP contribution is 2.23. The maximum Gasteiger partial charge on any atom is 0.326 e. The second-order valence-electron chi connectivity index (χ2n) is 4.78. The molecule has 102 valence electrons. The van der Waals surface area contributed by atoms with Crippen LogP contribution in [-0.4, -0.2) is 35.4 Å². The van der Waals surface area contributed by atoms with Crippen molar-refractivity contribution in [1.29, 1.82) is 0 Å². The molecule has 1 fully saturated rings. The Labute approximate surface area is 110 Å². The van der Waals surface area contributed by atoms with E-state index in [1.54, 1.807) is 25.2 Å². The Balaban J connectivity index is 2.15. The standard InChI is InChI=1S/C12H15N3O3S/c1-14-11-8-9(4-5-10(11)13-12(14)16)19(17,18)15-6-2-3-7-15/h4-5,8H,2-3,6-7H2,1H3,(H,13,16). The third kappa shape index (κ3) is 1.89. The zero-order valence-electron chi connectivity index (χ0n) is 10.6. The van der Waals surface area contributed by atoms with E-state index in [1.807, 2.05) is 0 Å². The Kier molecular flexibility index (Phi) is 2.75. The molecule has 0 amide bonds. The van der Waals surface area contributed by atoms with Crippen LogP contribution in [-0.2, 0) is 17.1 Å². The highest BCUT2D eigenvalue weighted by Gasteiger charge is 2.27. The molecule has 0 atom stereocenters. The summed E-state index contributed by atoms with van der Waals surface area (Å²) in [6.45, 7) is 1.15. The summed E-state index contributed by atoms with van der Waals surface area (Å²) in [6, 6.07) is 4.74. The van der Waals surface area contributed by atoms with Crippen molar-refractivity contribution in [2.45, 2.75) is 17.7 Å². The average Bonchev–Trinajstić information content (AvgIpc) is 3.00. The number of aromatic nitrogens is 2. The topological polar surface area (TPSA) is 75.2 Å². The van der Waals surface area contributed by atoms with Gasteiger partial charge in [-0.15, -0.1) is 0 Å². The van der Waals surface area contributed by atoms with E-state index in [4.69, 9.17) is 0 Å². The van der Waals surface area contributed by atoms with Crippen molar-refractivity contribution in [3.05, 3.63) is 28.7 Å². The lowest BCUT2D eigenvalue weighted by molar-refractivity contribution is 0.477. The van der Waals surface area contributed by atoms with Gasteiger partial charge in [0.2, 0.25) is 10.0 Å². The van der Waals surface area contributed by atoms with Gasteiger partial charge < -0.3 is 4.98 Å². The Morgan fingerprint density at radius 2 is 1.89 bits per heavy atom. The number of sulfonamides is 1. The fourth-order valence-electron chi connectivity index (χ4n) is 2.44. The predicted molar refractivity (Wildman–Crippen MR) is 71.5 cm³/mol. The number of aryl methyl sites for hydroxylation is 1. The number of benzene rings is 1. The Hall–Kier alpha value is -1.60. The maximum absolute atomic E-state index is 12.4. The molecule has 0 saturated carbocycles. The molecule has 1 aromatic carbocycles. The molecule has 19 heavy (non-hydrogen) atoms. The first kappa shape index (κ1) is 12.4. The van der Waals surface area contributed by atoms with Crippen LogP contribution in [0.5, 0.6) is 0 Å². The number of imidazole rings is 1. The molecule has 0 aliphatic carbocycles. The fraction of sp³-hybridized carbons (Fsp3) is 0.417. The SMILES string of the molecule is Cn1c(=O)[nH]c2ccc(S(=O)(=O)N3CCCC3)cc21. The van der Waals surface area contributed by atoms with Crippen LogP contribution in [0.3, 0.4) is 0 Å². The van der Waals surface area contributed by atoms with Crippen LogP contribution in [0.15, 0.2) is 27.9 Å². The third-order valence-corrected chi connectivity index (χ3v) is 5.47. The smallest absolute Gasteiger partial charge is 0.306 e. The summed E-state index contributed by atoms with van der Waals surface area (Å²) < 4.78 is 27.8. The molecule has 1 aliphatic rings. The third-order valence-electron chi connectivity index (χ3n) is 3.58. The van der Waals surface area contributed by atoms with Gasteiger partial charge in [0.25, 0.3) is 0 Å². The summed E-state index contributed by atoms with van der Waals surface area (Å²) in [5.74, 6) is 0. The highest BCUT2D eigenvalue weighted by atomic mass is 32.2. The van der Waals surface area contributed by atoms with Crippen LogP contribution in [0.1, 0.15) is 12.8 Å². The van der Waals surface area contributed by atoms with Crippen LogP contribution in [0.25, 0.3) is 11.0 Å². The molecule has 1 aliphatic heterocycles. The van der Waals surface area contributed by atoms with Gasteiger partial charge in [-0.3, -0.25) is 4.57 Å². The van der Waals surface area contributed by atoms with Crippen molar-refractivity contribution >= 4 is 21.1 Å². The molecule has 1 aromatic heterocycles. The molecule has 3 rings (SSSR count). The van der Waals surface area contributed by atoms with Crippen molar-refractivity contribution < 1.29 is 8.42 Å². The highest BCUT2D eigenvalue weighted by molar-refractivity contribution is 7.89. The summed E-state index contributed by atoms with van der Waals surface area (Å²) >= 11 is 0. The number of H-pyrrole nitrogens is 1. The minimum atomic E-state index is -3.43. The molecule has 2 heterocycles. The normalized spacial score (nSPS) is 17.3. The Morgan fingerprint density at radius 1 is 1.21 bits per heavy atom. The number of fused-ring (bicyclic) bond motifs is 1. The van der Waals surface area contributed by atoms with Gasteiger partial charge in [-0.25, -0.2) is 13.2 Å². The summed E-state index contributed by atoms with van der Waals surface area (Å²) in [5.41, 5.74) is 1.00. The van der Waals surface area contributed by atoms with Crippen LogP contribution in [0.4, 0.5) is 0 Å². The number of rotatable bonds is 2. The number of hydrogen-bond acceptors (Lipinski definition) is 3. The number of nitrogens with zero attached hydrogens (tertiary/aromatic N) is 2. The molecular formula is C12H15N3O3S. The van der Waals surface area contributed by atoms with Crippen molar-refractivity contribution in [3.8, 4) is 0 Å². The molecule has 7 heteroatoms. The lowest BCUT2D eigenvalue weighted by atomic mass is 10.3. The minimum Gasteiger partial charge on any atom is -0.306 e.